The average molecular weight is 667 g/mol. The zero-order valence-corrected chi connectivity index (χ0v) is 27.0. The quantitative estimate of drug-likeness (QED) is 0.103. The van der Waals surface area contributed by atoms with Crippen LogP contribution in [0.2, 0.25) is 10.0 Å². The first-order valence-electron chi connectivity index (χ1n) is 14.3. The highest BCUT2D eigenvalue weighted by Gasteiger charge is 2.23. The van der Waals surface area contributed by atoms with E-state index in [9.17, 15) is 14.4 Å². The molecule has 6 nitrogen and oxygen atoms in total. The van der Waals surface area contributed by atoms with E-state index in [2.05, 4.69) is 16.0 Å². The molecule has 1 atom stereocenters. The minimum Gasteiger partial charge on any atom is -0.325 e. The molecule has 0 aliphatic heterocycles. The van der Waals surface area contributed by atoms with Crippen LogP contribution in [0.15, 0.2) is 138 Å². The molecule has 5 aromatic carbocycles. The monoisotopic (exact) mass is 665 g/mol. The van der Waals surface area contributed by atoms with Gasteiger partial charge in [-0.05, 0) is 72.2 Å². The second-order valence-corrected chi connectivity index (χ2v) is 12.2. The van der Waals surface area contributed by atoms with Crippen molar-refractivity contribution in [1.82, 2.24) is 5.32 Å². The number of nitrogens with one attached hydrogen (secondary N) is 3. The first kappa shape index (κ1) is 32.6. The van der Waals surface area contributed by atoms with E-state index in [1.54, 1.807) is 66.7 Å². The van der Waals surface area contributed by atoms with Crippen molar-refractivity contribution in [3.8, 4) is 0 Å². The topological polar surface area (TPSA) is 87.3 Å². The van der Waals surface area contributed by atoms with E-state index >= 15 is 0 Å². The van der Waals surface area contributed by atoms with Gasteiger partial charge >= 0.3 is 0 Å². The number of anilines is 2. The maximum atomic E-state index is 13.6. The number of halogens is 2. The number of para-hydroxylation sites is 1. The van der Waals surface area contributed by atoms with E-state index in [4.69, 9.17) is 23.2 Å². The molecule has 9 heteroatoms. The highest BCUT2D eigenvalue weighted by molar-refractivity contribution is 8.00. The number of thioether (sulfide) groups is 1. The fourth-order valence-corrected chi connectivity index (χ4v) is 5.97. The number of hydrogen-bond acceptors (Lipinski definition) is 4. The average Bonchev–Trinajstić information content (AvgIpc) is 3.07. The zero-order chi connectivity index (χ0) is 32.5. The van der Waals surface area contributed by atoms with Crippen LogP contribution in [0.3, 0.4) is 0 Å². The number of aryl methyl sites for hydroxylation is 1. The van der Waals surface area contributed by atoms with Gasteiger partial charge in [0.25, 0.3) is 11.8 Å². The molecule has 0 bridgehead atoms. The highest BCUT2D eigenvalue weighted by Crippen LogP contribution is 2.37. The fraction of sp³-hybridized carbons (Fsp3) is 0.0541. The largest absolute Gasteiger partial charge is 0.325 e. The van der Waals surface area contributed by atoms with Gasteiger partial charge in [0.15, 0.2) is 0 Å². The number of carbonyl (C=O) groups is 3. The summed E-state index contributed by atoms with van der Waals surface area (Å²) in [5, 5.41) is 8.63. The van der Waals surface area contributed by atoms with Crippen LogP contribution in [0.1, 0.15) is 32.3 Å². The predicted octanol–water partition coefficient (Wildman–Crippen LogP) is 9.18. The summed E-state index contributed by atoms with van der Waals surface area (Å²) in [7, 11) is 0. The van der Waals surface area contributed by atoms with Gasteiger partial charge in [-0.15, -0.1) is 11.8 Å². The molecular weight excluding hydrogens is 637 g/mol. The summed E-state index contributed by atoms with van der Waals surface area (Å²) >= 11 is 14.0. The number of benzene rings is 5. The molecular formula is C37H29Cl2N3O3S. The molecule has 5 aromatic rings. The number of rotatable bonds is 10. The van der Waals surface area contributed by atoms with Crippen molar-refractivity contribution in [3.63, 3.8) is 0 Å². The Balaban J connectivity index is 1.40. The molecule has 3 N–H and O–H groups in total. The summed E-state index contributed by atoms with van der Waals surface area (Å²) < 4.78 is 0. The molecule has 46 heavy (non-hydrogen) atoms. The lowest BCUT2D eigenvalue weighted by molar-refractivity contribution is -0.116. The van der Waals surface area contributed by atoms with Gasteiger partial charge in [-0.3, -0.25) is 14.4 Å². The second kappa shape index (κ2) is 15.5. The van der Waals surface area contributed by atoms with Crippen molar-refractivity contribution >= 4 is 70.1 Å². The normalized spacial score (nSPS) is 11.8. The highest BCUT2D eigenvalue weighted by atomic mass is 35.5. The van der Waals surface area contributed by atoms with Crippen molar-refractivity contribution in [2.24, 2.45) is 0 Å². The minimum absolute atomic E-state index is 0.0316. The molecule has 0 aliphatic carbocycles. The summed E-state index contributed by atoms with van der Waals surface area (Å²) in [6.45, 7) is 1.94. The van der Waals surface area contributed by atoms with E-state index in [-0.39, 0.29) is 16.6 Å². The molecule has 0 radical (unpaired) electrons. The van der Waals surface area contributed by atoms with Gasteiger partial charge < -0.3 is 16.0 Å². The lowest BCUT2D eigenvalue weighted by Crippen LogP contribution is -2.30. The van der Waals surface area contributed by atoms with Crippen LogP contribution in [0.4, 0.5) is 11.4 Å². The fourth-order valence-electron chi connectivity index (χ4n) is 4.52. The van der Waals surface area contributed by atoms with E-state index in [0.717, 1.165) is 21.7 Å². The van der Waals surface area contributed by atoms with Crippen molar-refractivity contribution < 1.29 is 14.4 Å². The van der Waals surface area contributed by atoms with Gasteiger partial charge in [-0.1, -0.05) is 108 Å². The Bertz CT molecular complexity index is 1900. The lowest BCUT2D eigenvalue weighted by atomic mass is 10.1. The zero-order valence-electron chi connectivity index (χ0n) is 24.7. The van der Waals surface area contributed by atoms with Crippen LogP contribution in [0, 0.1) is 6.92 Å². The Hall–Kier alpha value is -4.82. The van der Waals surface area contributed by atoms with E-state index in [1.807, 2.05) is 67.6 Å². The molecule has 3 amide bonds. The summed E-state index contributed by atoms with van der Waals surface area (Å²) in [6.07, 6.45) is 1.48. The molecule has 0 aromatic heterocycles. The molecule has 0 saturated heterocycles. The van der Waals surface area contributed by atoms with Crippen LogP contribution in [-0.4, -0.2) is 17.7 Å². The van der Waals surface area contributed by atoms with Gasteiger partial charge in [-0.25, -0.2) is 0 Å². The maximum absolute atomic E-state index is 13.6. The van der Waals surface area contributed by atoms with Crippen molar-refractivity contribution in [1.29, 1.82) is 0 Å². The molecule has 0 heterocycles. The molecule has 1 unspecified atom stereocenters. The number of amides is 3. The minimum atomic E-state index is -0.572. The molecule has 0 saturated carbocycles. The first-order chi connectivity index (χ1) is 22.3. The Morgan fingerprint density at radius 2 is 1.41 bits per heavy atom. The third-order valence-electron chi connectivity index (χ3n) is 6.90. The molecule has 0 fully saturated rings. The van der Waals surface area contributed by atoms with Crippen molar-refractivity contribution in [2.45, 2.75) is 17.1 Å². The van der Waals surface area contributed by atoms with Crippen LogP contribution < -0.4 is 16.0 Å². The van der Waals surface area contributed by atoms with E-state index in [0.29, 0.717) is 21.8 Å². The summed E-state index contributed by atoms with van der Waals surface area (Å²) in [4.78, 5) is 41.0. The van der Waals surface area contributed by atoms with Crippen LogP contribution in [0.5, 0.6) is 0 Å². The predicted molar refractivity (Wildman–Crippen MR) is 188 cm³/mol. The van der Waals surface area contributed by atoms with Crippen LogP contribution >= 0.6 is 35.0 Å². The van der Waals surface area contributed by atoms with Crippen molar-refractivity contribution in [3.05, 3.63) is 165 Å². The van der Waals surface area contributed by atoms with Crippen LogP contribution in [-0.2, 0) is 9.59 Å². The Morgan fingerprint density at radius 3 is 2.15 bits per heavy atom. The van der Waals surface area contributed by atoms with Gasteiger partial charge in [0.2, 0.25) is 5.91 Å². The third-order valence-corrected chi connectivity index (χ3v) is 8.98. The summed E-state index contributed by atoms with van der Waals surface area (Å²) in [5.74, 6) is -1.21. The van der Waals surface area contributed by atoms with Crippen LogP contribution in [0.25, 0.3) is 6.08 Å². The third kappa shape index (κ3) is 8.46. The van der Waals surface area contributed by atoms with Crippen molar-refractivity contribution in [2.75, 3.05) is 10.6 Å². The standard InChI is InChI=1S/C37H29Cl2N3O3S/c1-24-12-8-9-21-31(24)41-37(45)34(25-13-4-2-5-14-25)46-29-19-11-18-28(23-29)40-36(44)32(22-27-17-10-20-30(38)33(27)39)42-35(43)26-15-6-3-7-16-26/h2-23,34H,1H3,(H,40,44)(H,41,45)(H,42,43)/b32-22+. The van der Waals surface area contributed by atoms with E-state index in [1.165, 1.54) is 17.8 Å². The van der Waals surface area contributed by atoms with Gasteiger partial charge in [0.1, 0.15) is 10.9 Å². The summed E-state index contributed by atoms with van der Waals surface area (Å²) in [6, 6.07) is 37.9. The maximum Gasteiger partial charge on any atom is 0.272 e. The van der Waals surface area contributed by atoms with E-state index < -0.39 is 17.1 Å². The molecule has 0 aliphatic rings. The Labute approximate surface area is 281 Å². The SMILES string of the molecule is Cc1ccccc1NC(=O)C(Sc1cccc(NC(=O)/C(=C\c2cccc(Cl)c2Cl)NC(=O)c2ccccc2)c1)c1ccccc1. The number of carbonyl (C=O) groups excluding carboxylic acids is 3. The van der Waals surface area contributed by atoms with Gasteiger partial charge in [-0.2, -0.15) is 0 Å². The lowest BCUT2D eigenvalue weighted by Gasteiger charge is -2.18. The second-order valence-electron chi connectivity index (χ2n) is 10.2. The molecule has 0 spiro atoms. The smallest absolute Gasteiger partial charge is 0.272 e. The number of hydrogen-bond donors (Lipinski definition) is 3. The first-order valence-corrected chi connectivity index (χ1v) is 15.9. The Morgan fingerprint density at radius 1 is 0.739 bits per heavy atom. The van der Waals surface area contributed by atoms with Gasteiger partial charge in [0, 0.05) is 21.8 Å². The molecule has 230 valence electrons. The summed E-state index contributed by atoms with van der Waals surface area (Å²) in [5.41, 5.74) is 3.82. The molecule has 5 rings (SSSR count). The Kier molecular flexibility index (Phi) is 10.9. The van der Waals surface area contributed by atoms with Gasteiger partial charge in [0.05, 0.1) is 10.0 Å².